The normalized spacial score (nSPS) is 30.0. The minimum Gasteiger partial charge on any atom is -0.480 e. The van der Waals surface area contributed by atoms with Crippen molar-refractivity contribution in [3.05, 3.63) is 11.6 Å². The Hall–Kier alpha value is -1.79. The standard InChI is InChI=1S/C22H30O5/c1-3-4-5-6-15(2)20(23)8-7-18-19-12-16(9-10-27-14-22(25)26)11-17(19)13-21(18)24/h9,15,17-21,23-24H,3,6,10-14H2,1-2H3,(H,25,26)/t15-,17?,18+,19-,20+,21+/m0/s1. The maximum atomic E-state index is 10.5. The van der Waals surface area contributed by atoms with E-state index in [9.17, 15) is 15.0 Å². The smallest absolute Gasteiger partial charge is 0.329 e. The van der Waals surface area contributed by atoms with E-state index in [2.05, 4.69) is 23.7 Å². The van der Waals surface area contributed by atoms with Gasteiger partial charge in [-0.15, -0.1) is 11.8 Å². The molecule has 5 heteroatoms. The summed E-state index contributed by atoms with van der Waals surface area (Å²) in [7, 11) is 0. The monoisotopic (exact) mass is 374 g/mol. The van der Waals surface area contributed by atoms with Gasteiger partial charge < -0.3 is 20.1 Å². The van der Waals surface area contributed by atoms with Crippen molar-refractivity contribution in [1.82, 2.24) is 0 Å². The Kier molecular flexibility index (Phi) is 8.38. The van der Waals surface area contributed by atoms with Crippen LogP contribution in [0.4, 0.5) is 0 Å². The van der Waals surface area contributed by atoms with Crippen LogP contribution in [0.3, 0.4) is 0 Å². The summed E-state index contributed by atoms with van der Waals surface area (Å²) in [5.41, 5.74) is 1.25. The lowest BCUT2D eigenvalue weighted by atomic mass is 9.91. The fraction of sp³-hybridized carbons (Fsp3) is 0.682. The van der Waals surface area contributed by atoms with E-state index in [-0.39, 0.29) is 18.4 Å². The van der Waals surface area contributed by atoms with Gasteiger partial charge in [-0.05, 0) is 31.1 Å². The number of aliphatic hydroxyl groups excluding tert-OH is 2. The molecule has 2 saturated carbocycles. The third-order valence-electron chi connectivity index (χ3n) is 5.43. The molecule has 148 valence electrons. The van der Waals surface area contributed by atoms with Gasteiger partial charge >= 0.3 is 5.97 Å². The minimum atomic E-state index is -0.969. The first-order valence-corrected chi connectivity index (χ1v) is 9.72. The molecule has 0 aromatic heterocycles. The highest BCUT2D eigenvalue weighted by Gasteiger charge is 2.45. The summed E-state index contributed by atoms with van der Waals surface area (Å²) in [5, 5.41) is 29.2. The van der Waals surface area contributed by atoms with Crippen LogP contribution in [0.2, 0.25) is 0 Å². The lowest BCUT2D eigenvalue weighted by Gasteiger charge is -2.16. The van der Waals surface area contributed by atoms with Crippen LogP contribution in [0.25, 0.3) is 0 Å². The summed E-state index contributed by atoms with van der Waals surface area (Å²) in [6.45, 7) is 3.94. The highest BCUT2D eigenvalue weighted by molar-refractivity contribution is 5.68. The Balaban J connectivity index is 1.91. The third kappa shape index (κ3) is 6.40. The fourth-order valence-electron chi connectivity index (χ4n) is 3.95. The van der Waals surface area contributed by atoms with Crippen molar-refractivity contribution in [2.45, 2.75) is 58.2 Å². The summed E-state index contributed by atoms with van der Waals surface area (Å²) in [6, 6.07) is 0. The molecule has 0 saturated heterocycles. The first-order valence-electron chi connectivity index (χ1n) is 9.72. The van der Waals surface area contributed by atoms with E-state index in [1.807, 2.05) is 19.9 Å². The second-order valence-corrected chi connectivity index (χ2v) is 7.55. The SMILES string of the molecule is CCC#CC[C@H](C)[C@H](O)C#C[C@H]1[C@H](O)CC2CC(=CCOCC(=O)O)C[C@@H]21. The maximum Gasteiger partial charge on any atom is 0.329 e. The van der Waals surface area contributed by atoms with Crippen molar-refractivity contribution in [3.8, 4) is 23.7 Å². The zero-order chi connectivity index (χ0) is 19.8. The predicted molar refractivity (Wildman–Crippen MR) is 102 cm³/mol. The van der Waals surface area contributed by atoms with E-state index in [1.54, 1.807) is 0 Å². The summed E-state index contributed by atoms with van der Waals surface area (Å²) in [4.78, 5) is 10.5. The molecule has 5 nitrogen and oxygen atoms in total. The summed E-state index contributed by atoms with van der Waals surface area (Å²) in [5.74, 6) is 11.7. The van der Waals surface area contributed by atoms with Gasteiger partial charge in [-0.3, -0.25) is 0 Å². The quantitative estimate of drug-likeness (QED) is 0.377. The third-order valence-corrected chi connectivity index (χ3v) is 5.43. The van der Waals surface area contributed by atoms with Gasteiger partial charge in [0.15, 0.2) is 0 Å². The Bertz CT molecular complexity index is 660. The second-order valence-electron chi connectivity index (χ2n) is 7.55. The molecular weight excluding hydrogens is 344 g/mol. The fourth-order valence-corrected chi connectivity index (χ4v) is 3.95. The number of carboxylic acid groups (broad SMARTS) is 1. The number of hydrogen-bond donors (Lipinski definition) is 3. The Morgan fingerprint density at radius 2 is 2.15 bits per heavy atom. The molecule has 0 amide bonds. The van der Waals surface area contributed by atoms with Crippen molar-refractivity contribution < 1.29 is 24.9 Å². The largest absolute Gasteiger partial charge is 0.480 e. The van der Waals surface area contributed by atoms with Gasteiger partial charge in [-0.1, -0.05) is 37.3 Å². The average molecular weight is 374 g/mol. The molecule has 2 aliphatic carbocycles. The zero-order valence-electron chi connectivity index (χ0n) is 16.1. The van der Waals surface area contributed by atoms with Crippen LogP contribution in [-0.4, -0.2) is 46.7 Å². The Labute approximate surface area is 161 Å². The molecule has 27 heavy (non-hydrogen) atoms. The van der Waals surface area contributed by atoms with E-state index in [1.165, 1.54) is 5.57 Å². The number of hydrogen-bond acceptors (Lipinski definition) is 4. The lowest BCUT2D eigenvalue weighted by molar-refractivity contribution is -0.141. The molecule has 2 fully saturated rings. The molecule has 3 N–H and O–H groups in total. The maximum absolute atomic E-state index is 10.5. The highest BCUT2D eigenvalue weighted by Crippen LogP contribution is 2.49. The van der Waals surface area contributed by atoms with Crippen LogP contribution in [0.5, 0.6) is 0 Å². The Morgan fingerprint density at radius 1 is 1.37 bits per heavy atom. The van der Waals surface area contributed by atoms with E-state index >= 15 is 0 Å². The topological polar surface area (TPSA) is 87.0 Å². The minimum absolute atomic E-state index is 0.0173. The first-order chi connectivity index (χ1) is 12.9. The van der Waals surface area contributed by atoms with Crippen LogP contribution in [-0.2, 0) is 9.53 Å². The van der Waals surface area contributed by atoms with Crippen LogP contribution < -0.4 is 0 Å². The van der Waals surface area contributed by atoms with Crippen LogP contribution in [0, 0.1) is 47.4 Å². The highest BCUT2D eigenvalue weighted by atomic mass is 16.5. The molecular formula is C22H30O5. The average Bonchev–Trinajstić information content (AvgIpc) is 3.13. The molecule has 1 unspecified atom stereocenters. The van der Waals surface area contributed by atoms with Gasteiger partial charge in [0.2, 0.25) is 0 Å². The number of fused-ring (bicyclic) bond motifs is 1. The number of aliphatic carboxylic acids is 1. The predicted octanol–water partition coefficient (Wildman–Crippen LogP) is 2.22. The number of aliphatic hydroxyl groups is 2. The van der Waals surface area contributed by atoms with Crippen molar-refractivity contribution in [2.24, 2.45) is 23.7 Å². The van der Waals surface area contributed by atoms with E-state index < -0.39 is 18.2 Å². The van der Waals surface area contributed by atoms with Gasteiger partial charge in [0.1, 0.15) is 12.7 Å². The lowest BCUT2D eigenvalue weighted by Crippen LogP contribution is -2.19. The van der Waals surface area contributed by atoms with Crippen LogP contribution in [0.15, 0.2) is 11.6 Å². The number of ether oxygens (including phenoxy) is 1. The zero-order valence-corrected chi connectivity index (χ0v) is 16.1. The first kappa shape index (κ1) is 21.5. The summed E-state index contributed by atoms with van der Waals surface area (Å²) in [6.07, 6.45) is 4.69. The number of carboxylic acids is 1. The summed E-state index contributed by atoms with van der Waals surface area (Å²) < 4.78 is 5.08. The van der Waals surface area contributed by atoms with Gasteiger partial charge in [-0.2, -0.15) is 0 Å². The van der Waals surface area contributed by atoms with Crippen molar-refractivity contribution in [3.63, 3.8) is 0 Å². The van der Waals surface area contributed by atoms with Gasteiger partial charge in [0.25, 0.3) is 0 Å². The molecule has 0 radical (unpaired) electrons. The molecule has 2 aliphatic rings. The molecule has 2 rings (SSSR count). The van der Waals surface area contributed by atoms with Crippen molar-refractivity contribution in [2.75, 3.05) is 13.2 Å². The second kappa shape index (κ2) is 10.5. The van der Waals surface area contributed by atoms with Gasteiger partial charge in [-0.25, -0.2) is 4.79 Å². The molecule has 0 aromatic rings. The molecule has 0 spiro atoms. The van der Waals surface area contributed by atoms with Crippen molar-refractivity contribution in [1.29, 1.82) is 0 Å². The molecule has 0 aromatic carbocycles. The number of rotatable bonds is 6. The summed E-state index contributed by atoms with van der Waals surface area (Å²) >= 11 is 0. The van der Waals surface area contributed by atoms with Gasteiger partial charge in [0.05, 0.1) is 12.7 Å². The van der Waals surface area contributed by atoms with E-state index in [0.717, 1.165) is 25.7 Å². The molecule has 6 atom stereocenters. The van der Waals surface area contributed by atoms with Gasteiger partial charge in [0, 0.05) is 24.7 Å². The van der Waals surface area contributed by atoms with E-state index in [4.69, 9.17) is 9.84 Å². The Morgan fingerprint density at radius 3 is 2.85 bits per heavy atom. The van der Waals surface area contributed by atoms with Crippen LogP contribution in [0.1, 0.15) is 46.0 Å². The number of carbonyl (C=O) groups is 1. The van der Waals surface area contributed by atoms with Crippen LogP contribution >= 0.6 is 0 Å². The molecule has 0 heterocycles. The molecule has 0 aliphatic heterocycles. The van der Waals surface area contributed by atoms with Crippen molar-refractivity contribution >= 4 is 5.97 Å². The van der Waals surface area contributed by atoms with E-state index in [0.29, 0.717) is 24.9 Å². The number of allylic oxidation sites excluding steroid dienone is 1. The molecule has 0 bridgehead atoms.